The predicted molar refractivity (Wildman–Crippen MR) is 79.9 cm³/mol. The third-order valence-electron chi connectivity index (χ3n) is 2.77. The number of rotatable bonds is 15. The minimum Gasteiger partial charge on any atom is -0.379 e. The van der Waals surface area contributed by atoms with Crippen molar-refractivity contribution in [3.8, 4) is 0 Å². The predicted octanol–water partition coefficient (Wildman–Crippen LogP) is 2.14. The van der Waals surface area contributed by atoms with Gasteiger partial charge in [-0.05, 0) is 13.3 Å². The van der Waals surface area contributed by atoms with Crippen molar-refractivity contribution in [1.82, 2.24) is 5.32 Å². The average molecular weight is 289 g/mol. The van der Waals surface area contributed by atoms with E-state index in [-0.39, 0.29) is 5.91 Å². The van der Waals surface area contributed by atoms with Gasteiger partial charge in [0.2, 0.25) is 5.91 Å². The summed E-state index contributed by atoms with van der Waals surface area (Å²) in [6, 6.07) is 0. The molecule has 5 heteroatoms. The molecule has 0 rings (SSSR count). The van der Waals surface area contributed by atoms with Crippen LogP contribution >= 0.6 is 0 Å². The second-order valence-corrected chi connectivity index (χ2v) is 4.58. The Kier molecular flexibility index (Phi) is 15.9. The largest absolute Gasteiger partial charge is 0.379 e. The quantitative estimate of drug-likeness (QED) is 0.469. The number of hydrogen-bond donors (Lipinski definition) is 1. The maximum atomic E-state index is 11.4. The third-order valence-corrected chi connectivity index (χ3v) is 2.77. The first-order chi connectivity index (χ1) is 9.81. The number of hydrogen-bond acceptors (Lipinski definition) is 4. The van der Waals surface area contributed by atoms with Gasteiger partial charge in [0.05, 0.1) is 33.0 Å². The lowest BCUT2D eigenvalue weighted by Gasteiger charge is -2.07. The summed E-state index contributed by atoms with van der Waals surface area (Å²) in [5, 5.41) is 2.85. The van der Waals surface area contributed by atoms with Crippen molar-refractivity contribution in [3.05, 3.63) is 0 Å². The van der Waals surface area contributed by atoms with Crippen molar-refractivity contribution in [2.75, 3.05) is 46.2 Å². The highest BCUT2D eigenvalue weighted by Gasteiger charge is 1.99. The van der Waals surface area contributed by atoms with E-state index >= 15 is 0 Å². The lowest BCUT2D eigenvalue weighted by atomic mass is 10.1. The minimum absolute atomic E-state index is 0.123. The number of carbonyl (C=O) groups excluding carboxylic acids is 1. The zero-order valence-electron chi connectivity index (χ0n) is 13.1. The fourth-order valence-corrected chi connectivity index (χ4v) is 1.65. The maximum Gasteiger partial charge on any atom is 0.220 e. The molecule has 0 radical (unpaired) electrons. The first kappa shape index (κ1) is 19.4. The van der Waals surface area contributed by atoms with Gasteiger partial charge in [-0.1, -0.05) is 26.2 Å². The Bertz CT molecular complexity index is 212. The zero-order valence-corrected chi connectivity index (χ0v) is 13.1. The summed E-state index contributed by atoms with van der Waals surface area (Å²) in [6.07, 6.45) is 5.15. The van der Waals surface area contributed by atoms with Crippen LogP contribution in [0.2, 0.25) is 0 Å². The second kappa shape index (κ2) is 16.4. The van der Waals surface area contributed by atoms with E-state index in [0.717, 1.165) is 19.4 Å². The van der Waals surface area contributed by atoms with Gasteiger partial charge in [0.1, 0.15) is 0 Å². The van der Waals surface area contributed by atoms with E-state index in [1.54, 1.807) is 0 Å². The Morgan fingerprint density at radius 1 is 0.850 bits per heavy atom. The van der Waals surface area contributed by atoms with E-state index in [2.05, 4.69) is 12.2 Å². The van der Waals surface area contributed by atoms with Gasteiger partial charge in [-0.15, -0.1) is 0 Å². The van der Waals surface area contributed by atoms with Crippen LogP contribution in [-0.2, 0) is 19.0 Å². The molecule has 0 fully saturated rings. The van der Waals surface area contributed by atoms with Gasteiger partial charge in [-0.25, -0.2) is 0 Å². The normalized spacial score (nSPS) is 10.7. The van der Waals surface area contributed by atoms with Crippen LogP contribution in [0.4, 0.5) is 0 Å². The van der Waals surface area contributed by atoms with Gasteiger partial charge in [-0.2, -0.15) is 0 Å². The Morgan fingerprint density at radius 3 is 2.15 bits per heavy atom. The van der Waals surface area contributed by atoms with Crippen LogP contribution < -0.4 is 5.32 Å². The molecule has 0 saturated carbocycles. The van der Waals surface area contributed by atoms with Crippen molar-refractivity contribution in [3.63, 3.8) is 0 Å². The summed E-state index contributed by atoms with van der Waals surface area (Å²) in [6.45, 7) is 8.31. The van der Waals surface area contributed by atoms with Crippen LogP contribution in [0.1, 0.15) is 46.0 Å². The number of amides is 1. The SMILES string of the molecule is CCCCCCC(=O)NCCOCCOCCOCC. The number of carbonyl (C=O) groups is 1. The molecule has 0 aliphatic heterocycles. The van der Waals surface area contributed by atoms with E-state index in [1.165, 1.54) is 12.8 Å². The molecule has 0 saturated heterocycles. The van der Waals surface area contributed by atoms with Gasteiger partial charge in [0.15, 0.2) is 0 Å². The van der Waals surface area contributed by atoms with Crippen molar-refractivity contribution in [2.45, 2.75) is 46.0 Å². The van der Waals surface area contributed by atoms with Crippen LogP contribution in [0, 0.1) is 0 Å². The van der Waals surface area contributed by atoms with Crippen molar-refractivity contribution < 1.29 is 19.0 Å². The molecule has 1 N–H and O–H groups in total. The molecule has 0 atom stereocenters. The molecule has 20 heavy (non-hydrogen) atoms. The molecule has 0 heterocycles. The lowest BCUT2D eigenvalue weighted by Crippen LogP contribution is -2.27. The summed E-state index contributed by atoms with van der Waals surface area (Å²) < 4.78 is 15.8. The third kappa shape index (κ3) is 15.4. The molecule has 120 valence electrons. The van der Waals surface area contributed by atoms with Crippen LogP contribution in [0.15, 0.2) is 0 Å². The van der Waals surface area contributed by atoms with Crippen LogP contribution in [0.25, 0.3) is 0 Å². The molecule has 5 nitrogen and oxygen atoms in total. The molecule has 0 aliphatic carbocycles. The molecule has 0 aromatic rings. The summed E-state index contributed by atoms with van der Waals surface area (Å²) in [7, 11) is 0. The fourth-order valence-electron chi connectivity index (χ4n) is 1.65. The van der Waals surface area contributed by atoms with Gasteiger partial charge in [0, 0.05) is 19.6 Å². The topological polar surface area (TPSA) is 56.8 Å². The molecule has 0 unspecified atom stereocenters. The fraction of sp³-hybridized carbons (Fsp3) is 0.933. The summed E-state index contributed by atoms with van der Waals surface area (Å²) in [5.41, 5.74) is 0. The van der Waals surface area contributed by atoms with Crippen LogP contribution in [0.5, 0.6) is 0 Å². The number of nitrogens with one attached hydrogen (secondary N) is 1. The van der Waals surface area contributed by atoms with Gasteiger partial charge in [-0.3, -0.25) is 4.79 Å². The summed E-state index contributed by atoms with van der Waals surface area (Å²) in [4.78, 5) is 11.4. The summed E-state index contributed by atoms with van der Waals surface area (Å²) >= 11 is 0. The molecule has 0 bridgehead atoms. The van der Waals surface area contributed by atoms with Crippen molar-refractivity contribution >= 4 is 5.91 Å². The van der Waals surface area contributed by atoms with Crippen LogP contribution in [-0.4, -0.2) is 52.1 Å². The van der Waals surface area contributed by atoms with E-state index in [0.29, 0.717) is 46.0 Å². The van der Waals surface area contributed by atoms with Crippen LogP contribution in [0.3, 0.4) is 0 Å². The zero-order chi connectivity index (χ0) is 14.9. The molecule has 1 amide bonds. The number of unbranched alkanes of at least 4 members (excludes halogenated alkanes) is 3. The summed E-state index contributed by atoms with van der Waals surface area (Å²) in [5.74, 6) is 0.123. The molecule has 0 aliphatic rings. The number of ether oxygens (including phenoxy) is 3. The first-order valence-corrected chi connectivity index (χ1v) is 7.81. The maximum absolute atomic E-state index is 11.4. The molecule has 0 aromatic heterocycles. The van der Waals surface area contributed by atoms with E-state index in [4.69, 9.17) is 14.2 Å². The van der Waals surface area contributed by atoms with E-state index in [1.807, 2.05) is 6.92 Å². The molecular weight excluding hydrogens is 258 g/mol. The standard InChI is InChI=1S/C15H31NO4/c1-3-5-6-7-8-15(17)16-9-10-19-13-14-20-12-11-18-4-2/h3-14H2,1-2H3,(H,16,17). The monoisotopic (exact) mass is 289 g/mol. The van der Waals surface area contributed by atoms with Crippen molar-refractivity contribution in [2.24, 2.45) is 0 Å². The molecule has 0 aromatic carbocycles. The molecular formula is C15H31NO4. The van der Waals surface area contributed by atoms with Gasteiger partial charge < -0.3 is 19.5 Å². The Balaban J connectivity index is 3.09. The minimum atomic E-state index is 0.123. The Hall–Kier alpha value is -0.650. The smallest absolute Gasteiger partial charge is 0.220 e. The highest BCUT2D eigenvalue weighted by molar-refractivity contribution is 5.75. The van der Waals surface area contributed by atoms with Gasteiger partial charge >= 0.3 is 0 Å². The van der Waals surface area contributed by atoms with E-state index in [9.17, 15) is 4.79 Å². The van der Waals surface area contributed by atoms with Gasteiger partial charge in [0.25, 0.3) is 0 Å². The average Bonchev–Trinajstić information content (AvgIpc) is 2.45. The second-order valence-electron chi connectivity index (χ2n) is 4.58. The highest BCUT2D eigenvalue weighted by Crippen LogP contribution is 2.01. The first-order valence-electron chi connectivity index (χ1n) is 7.81. The Morgan fingerprint density at radius 2 is 1.50 bits per heavy atom. The van der Waals surface area contributed by atoms with Crippen molar-refractivity contribution in [1.29, 1.82) is 0 Å². The molecule has 0 spiro atoms. The Labute approximate surface area is 123 Å². The highest BCUT2D eigenvalue weighted by atomic mass is 16.5. The van der Waals surface area contributed by atoms with E-state index < -0.39 is 0 Å². The lowest BCUT2D eigenvalue weighted by molar-refractivity contribution is -0.121.